The zero-order valence-corrected chi connectivity index (χ0v) is 24.2. The zero-order chi connectivity index (χ0) is 31.6. The van der Waals surface area contributed by atoms with Crippen LogP contribution in [-0.4, -0.2) is 78.9 Å². The Labute approximate surface area is 250 Å². The Balaban J connectivity index is 1.42. The van der Waals surface area contributed by atoms with Gasteiger partial charge in [-0.25, -0.2) is 13.8 Å². The second-order valence-electron chi connectivity index (χ2n) is 10.7. The van der Waals surface area contributed by atoms with Crippen molar-refractivity contribution in [3.8, 4) is 17.4 Å². The number of amides is 1. The number of likely N-dealkylation sites (tertiary alicyclic amines) is 1. The van der Waals surface area contributed by atoms with E-state index in [4.69, 9.17) is 14.2 Å². The summed E-state index contributed by atoms with van der Waals surface area (Å²) in [5, 5.41) is 5.17. The van der Waals surface area contributed by atoms with E-state index in [1.807, 2.05) is 18.0 Å². The Kier molecular flexibility index (Phi) is 9.18. The number of carbonyl (C=O) groups excluding carboxylic acids is 1. The molecule has 0 spiro atoms. The second-order valence-corrected chi connectivity index (χ2v) is 10.7. The fraction of sp³-hybridized carbons (Fsp3) is 0.414. The molecule has 5 rings (SSSR count). The standard InChI is InChI=1S/C29H31F5N6O4/c1-39-8-7-22(21(31)13-39)36-26(41)17-9-25(42-3)23(10-20(17)30)37-28-35-11-19(29(32,33)34)27(38-28)44-24-6-4-5-16-12-40(2)15-43-14-18(16)24/h4-6,9-11,21-22H,7-8,12-15H2,1-3H3,(H,36,41)(H,35,37,38)/t21-,22+/m1/s1. The molecule has 1 saturated heterocycles. The van der Waals surface area contributed by atoms with Crippen molar-refractivity contribution in [2.24, 2.45) is 0 Å². The third-order valence-electron chi connectivity index (χ3n) is 7.34. The third-order valence-corrected chi connectivity index (χ3v) is 7.34. The monoisotopic (exact) mass is 622 g/mol. The van der Waals surface area contributed by atoms with Gasteiger partial charge in [0.2, 0.25) is 11.8 Å². The van der Waals surface area contributed by atoms with Gasteiger partial charge in [0.15, 0.2) is 0 Å². The van der Waals surface area contributed by atoms with Crippen molar-refractivity contribution in [3.05, 3.63) is 64.6 Å². The van der Waals surface area contributed by atoms with E-state index in [9.17, 15) is 22.4 Å². The zero-order valence-electron chi connectivity index (χ0n) is 24.2. The van der Waals surface area contributed by atoms with Gasteiger partial charge in [-0.2, -0.15) is 18.2 Å². The normalized spacial score (nSPS) is 19.5. The smallest absolute Gasteiger partial charge is 0.423 e. The van der Waals surface area contributed by atoms with E-state index in [0.29, 0.717) is 38.0 Å². The molecule has 2 atom stereocenters. The van der Waals surface area contributed by atoms with Gasteiger partial charge in [-0.3, -0.25) is 9.69 Å². The summed E-state index contributed by atoms with van der Waals surface area (Å²) < 4.78 is 88.0. The summed E-state index contributed by atoms with van der Waals surface area (Å²) in [6.07, 6.45) is -5.26. The van der Waals surface area contributed by atoms with Gasteiger partial charge < -0.3 is 29.7 Å². The summed E-state index contributed by atoms with van der Waals surface area (Å²) in [5.41, 5.74) is -0.285. The van der Waals surface area contributed by atoms with Crippen LogP contribution >= 0.6 is 0 Å². The molecule has 2 N–H and O–H groups in total. The molecule has 0 bridgehead atoms. The number of methoxy groups -OCH3 is 1. The van der Waals surface area contributed by atoms with Gasteiger partial charge in [0, 0.05) is 37.5 Å². The number of rotatable bonds is 7. The summed E-state index contributed by atoms with van der Waals surface area (Å²) in [4.78, 5) is 24.2. The number of piperidine rings is 1. The predicted octanol–water partition coefficient (Wildman–Crippen LogP) is 4.87. The minimum Gasteiger partial charge on any atom is -0.495 e. The Bertz CT molecular complexity index is 1520. The maximum absolute atomic E-state index is 15.2. The summed E-state index contributed by atoms with van der Waals surface area (Å²) in [5.74, 6) is -2.84. The Morgan fingerprint density at radius 3 is 2.68 bits per heavy atom. The Morgan fingerprint density at radius 2 is 1.95 bits per heavy atom. The summed E-state index contributed by atoms with van der Waals surface area (Å²) in [7, 11) is 4.87. The van der Waals surface area contributed by atoms with Gasteiger partial charge in [0.05, 0.1) is 37.7 Å². The SMILES string of the molecule is COc1cc(C(=O)N[C@H]2CCN(C)C[C@H]2F)c(F)cc1Nc1ncc(C(F)(F)F)c(Oc2cccc3c2COCN(C)C3)n1. The van der Waals surface area contributed by atoms with Gasteiger partial charge in [0.25, 0.3) is 5.91 Å². The highest BCUT2D eigenvalue weighted by atomic mass is 19.4. The third kappa shape index (κ3) is 7.00. The molecule has 3 heterocycles. The molecule has 10 nitrogen and oxygen atoms in total. The minimum atomic E-state index is -4.85. The number of hydrogen-bond acceptors (Lipinski definition) is 9. The van der Waals surface area contributed by atoms with Gasteiger partial charge >= 0.3 is 6.18 Å². The number of aromatic nitrogens is 2. The fourth-order valence-corrected chi connectivity index (χ4v) is 5.04. The highest BCUT2D eigenvalue weighted by molar-refractivity contribution is 5.96. The fourth-order valence-electron chi connectivity index (χ4n) is 5.04. The van der Waals surface area contributed by atoms with Crippen molar-refractivity contribution in [1.29, 1.82) is 0 Å². The number of hydrogen-bond donors (Lipinski definition) is 2. The van der Waals surface area contributed by atoms with Gasteiger partial charge in [-0.15, -0.1) is 0 Å². The molecule has 0 saturated carbocycles. The maximum atomic E-state index is 15.2. The van der Waals surface area contributed by atoms with E-state index < -0.39 is 47.1 Å². The van der Waals surface area contributed by atoms with Crippen molar-refractivity contribution in [2.75, 3.05) is 46.3 Å². The predicted molar refractivity (Wildman–Crippen MR) is 149 cm³/mol. The van der Waals surface area contributed by atoms with E-state index in [1.54, 1.807) is 18.0 Å². The Hall–Kier alpha value is -4.08. The van der Waals surface area contributed by atoms with Gasteiger partial charge in [0.1, 0.15) is 29.1 Å². The van der Waals surface area contributed by atoms with Crippen molar-refractivity contribution < 1.29 is 41.0 Å². The number of ether oxygens (including phenoxy) is 3. The molecule has 1 fully saturated rings. The topological polar surface area (TPSA) is 101 Å². The van der Waals surface area contributed by atoms with Crippen molar-refractivity contribution >= 4 is 17.5 Å². The summed E-state index contributed by atoms with van der Waals surface area (Å²) in [6, 6.07) is 6.25. The average Bonchev–Trinajstić information content (AvgIpc) is 3.15. The van der Waals surface area contributed by atoms with Crippen LogP contribution in [0.2, 0.25) is 0 Å². The van der Waals surface area contributed by atoms with Crippen LogP contribution in [0.25, 0.3) is 0 Å². The molecule has 0 radical (unpaired) electrons. The number of carbonyl (C=O) groups is 1. The molecule has 2 aromatic carbocycles. The van der Waals surface area contributed by atoms with E-state index >= 15 is 4.39 Å². The lowest BCUT2D eigenvalue weighted by Crippen LogP contribution is -2.51. The lowest BCUT2D eigenvalue weighted by Gasteiger charge is -2.32. The highest BCUT2D eigenvalue weighted by Crippen LogP contribution is 2.39. The quantitative estimate of drug-likeness (QED) is 0.358. The summed E-state index contributed by atoms with van der Waals surface area (Å²) >= 11 is 0. The maximum Gasteiger partial charge on any atom is 0.423 e. The summed E-state index contributed by atoms with van der Waals surface area (Å²) in [6.45, 7) is 1.65. The number of halogens is 5. The van der Waals surface area contributed by atoms with E-state index in [1.165, 1.54) is 13.2 Å². The number of nitrogens with zero attached hydrogens (tertiary/aromatic N) is 4. The van der Waals surface area contributed by atoms with Crippen LogP contribution in [0, 0.1) is 5.82 Å². The molecule has 1 amide bonds. The number of alkyl halides is 4. The molecule has 44 heavy (non-hydrogen) atoms. The van der Waals surface area contributed by atoms with E-state index in [0.717, 1.165) is 17.7 Å². The number of nitrogens with one attached hydrogen (secondary N) is 2. The van der Waals surface area contributed by atoms with Crippen LogP contribution in [0.4, 0.5) is 33.6 Å². The molecule has 3 aromatic rings. The van der Waals surface area contributed by atoms with E-state index in [-0.39, 0.29) is 36.3 Å². The first-order valence-electron chi connectivity index (χ1n) is 13.7. The number of benzene rings is 2. The molecule has 2 aliphatic heterocycles. The van der Waals surface area contributed by atoms with Crippen LogP contribution in [0.15, 0.2) is 36.5 Å². The van der Waals surface area contributed by atoms with Gasteiger partial charge in [-0.1, -0.05) is 12.1 Å². The number of fused-ring (bicyclic) bond motifs is 1. The molecule has 0 unspecified atom stereocenters. The van der Waals surface area contributed by atoms with Crippen LogP contribution in [-0.2, 0) is 24.1 Å². The van der Waals surface area contributed by atoms with Crippen LogP contribution < -0.4 is 20.1 Å². The lowest BCUT2D eigenvalue weighted by molar-refractivity contribution is -0.139. The largest absolute Gasteiger partial charge is 0.495 e. The van der Waals surface area contributed by atoms with Crippen molar-refractivity contribution in [3.63, 3.8) is 0 Å². The molecule has 15 heteroatoms. The first-order valence-corrected chi connectivity index (χ1v) is 13.7. The molecule has 2 aliphatic rings. The molecule has 0 aliphatic carbocycles. The molecular weight excluding hydrogens is 591 g/mol. The first kappa shape index (κ1) is 31.3. The van der Waals surface area contributed by atoms with Gasteiger partial charge in [-0.05, 0) is 38.2 Å². The second kappa shape index (κ2) is 12.9. The van der Waals surface area contributed by atoms with Crippen LogP contribution in [0.1, 0.15) is 33.5 Å². The van der Waals surface area contributed by atoms with Crippen LogP contribution in [0.5, 0.6) is 17.4 Å². The highest BCUT2D eigenvalue weighted by Gasteiger charge is 2.37. The molecular formula is C29H31F5N6O4. The minimum absolute atomic E-state index is 0.0302. The number of anilines is 2. The van der Waals surface area contributed by atoms with Crippen LogP contribution in [0.3, 0.4) is 0 Å². The van der Waals surface area contributed by atoms with Crippen molar-refractivity contribution in [2.45, 2.75) is 38.0 Å². The average molecular weight is 623 g/mol. The van der Waals surface area contributed by atoms with Crippen molar-refractivity contribution in [1.82, 2.24) is 25.1 Å². The van der Waals surface area contributed by atoms with E-state index in [2.05, 4.69) is 20.6 Å². The molecule has 1 aromatic heterocycles. The first-order chi connectivity index (χ1) is 20.9. The lowest BCUT2D eigenvalue weighted by atomic mass is 10.0. The molecule has 236 valence electrons. The Morgan fingerprint density at radius 1 is 1.16 bits per heavy atom.